The van der Waals surface area contributed by atoms with Gasteiger partial charge in [0, 0.05) is 61.7 Å². The fourth-order valence-corrected chi connectivity index (χ4v) is 4.85. The zero-order chi connectivity index (χ0) is 24.6. The highest BCUT2D eigenvalue weighted by atomic mass is 16.5. The van der Waals surface area contributed by atoms with Crippen molar-refractivity contribution in [2.24, 2.45) is 0 Å². The standard InChI is InChI=1S/C26H29N7O3/c1-16-13-33(14-17(2)36-16)22-5-4-19(11-23(22)34-3)30-24-25-28-6-8-32(25)15-21(31-24)18-10-20-26(29-12-18)35-9-7-27-20/h4-6,8,10-12,15-17,27H,7,9,13-14H2,1-3H3,(H,30,31). The van der Waals surface area contributed by atoms with Gasteiger partial charge in [-0.05, 0) is 32.0 Å². The number of pyridine rings is 1. The molecule has 1 fully saturated rings. The van der Waals surface area contributed by atoms with E-state index in [1.54, 1.807) is 19.5 Å². The molecule has 2 unspecified atom stereocenters. The molecule has 36 heavy (non-hydrogen) atoms. The smallest absolute Gasteiger partial charge is 0.237 e. The lowest BCUT2D eigenvalue weighted by atomic mass is 10.1. The molecule has 3 aromatic heterocycles. The van der Waals surface area contributed by atoms with Crippen LogP contribution in [0.3, 0.4) is 0 Å². The summed E-state index contributed by atoms with van der Waals surface area (Å²) in [6, 6.07) is 8.13. The zero-order valence-corrected chi connectivity index (χ0v) is 20.6. The second kappa shape index (κ2) is 9.19. The molecule has 2 aliphatic heterocycles. The molecule has 4 aromatic rings. The number of imidazole rings is 1. The Balaban J connectivity index is 1.33. The van der Waals surface area contributed by atoms with Crippen LogP contribution in [0.1, 0.15) is 13.8 Å². The van der Waals surface area contributed by atoms with Crippen LogP contribution in [0, 0.1) is 0 Å². The molecular weight excluding hydrogens is 458 g/mol. The molecule has 6 rings (SSSR count). The minimum atomic E-state index is 0.164. The molecule has 2 atom stereocenters. The number of methoxy groups -OCH3 is 1. The van der Waals surface area contributed by atoms with Gasteiger partial charge in [-0.15, -0.1) is 0 Å². The van der Waals surface area contributed by atoms with Gasteiger partial charge in [-0.2, -0.15) is 0 Å². The van der Waals surface area contributed by atoms with Gasteiger partial charge in [-0.1, -0.05) is 0 Å². The second-order valence-corrected chi connectivity index (χ2v) is 9.16. The molecule has 5 heterocycles. The Bertz CT molecular complexity index is 1400. The summed E-state index contributed by atoms with van der Waals surface area (Å²) in [5.41, 5.74) is 5.16. The van der Waals surface area contributed by atoms with Gasteiger partial charge in [0.15, 0.2) is 11.5 Å². The Morgan fingerprint density at radius 1 is 1.14 bits per heavy atom. The van der Waals surface area contributed by atoms with E-state index in [2.05, 4.69) is 45.4 Å². The summed E-state index contributed by atoms with van der Waals surface area (Å²) in [5.74, 6) is 2.05. The van der Waals surface area contributed by atoms with Gasteiger partial charge in [0.25, 0.3) is 0 Å². The van der Waals surface area contributed by atoms with Gasteiger partial charge in [0.1, 0.15) is 12.4 Å². The molecular formula is C26H29N7O3. The number of benzene rings is 1. The van der Waals surface area contributed by atoms with Crippen LogP contribution < -0.4 is 25.0 Å². The summed E-state index contributed by atoms with van der Waals surface area (Å²) in [6.07, 6.45) is 7.72. The maximum absolute atomic E-state index is 5.90. The van der Waals surface area contributed by atoms with E-state index < -0.39 is 0 Å². The van der Waals surface area contributed by atoms with Crippen LogP contribution in [0.5, 0.6) is 11.6 Å². The van der Waals surface area contributed by atoms with Crippen molar-refractivity contribution in [3.8, 4) is 22.9 Å². The van der Waals surface area contributed by atoms with Gasteiger partial charge in [-0.3, -0.25) is 0 Å². The van der Waals surface area contributed by atoms with E-state index in [0.717, 1.165) is 59.4 Å². The maximum Gasteiger partial charge on any atom is 0.237 e. The van der Waals surface area contributed by atoms with Crippen molar-refractivity contribution in [1.82, 2.24) is 19.4 Å². The predicted octanol–water partition coefficient (Wildman–Crippen LogP) is 3.96. The largest absolute Gasteiger partial charge is 0.495 e. The minimum absolute atomic E-state index is 0.164. The summed E-state index contributed by atoms with van der Waals surface area (Å²) in [7, 11) is 1.70. The fraction of sp³-hybridized carbons (Fsp3) is 0.346. The number of nitrogens with zero attached hydrogens (tertiary/aromatic N) is 5. The number of rotatable bonds is 5. The van der Waals surface area contributed by atoms with Gasteiger partial charge in [0.05, 0.1) is 36.4 Å². The van der Waals surface area contributed by atoms with Crippen LogP contribution in [0.25, 0.3) is 16.9 Å². The lowest BCUT2D eigenvalue weighted by molar-refractivity contribution is -0.00532. The average Bonchev–Trinajstić information content (AvgIpc) is 3.37. The first-order chi connectivity index (χ1) is 17.6. The third-order valence-corrected chi connectivity index (χ3v) is 6.38. The molecule has 10 heteroatoms. The second-order valence-electron chi connectivity index (χ2n) is 9.16. The van der Waals surface area contributed by atoms with Crippen molar-refractivity contribution in [3.63, 3.8) is 0 Å². The van der Waals surface area contributed by atoms with Gasteiger partial charge < -0.3 is 34.1 Å². The first kappa shape index (κ1) is 22.4. The van der Waals surface area contributed by atoms with Crippen molar-refractivity contribution in [1.29, 1.82) is 0 Å². The lowest BCUT2D eigenvalue weighted by Gasteiger charge is -2.37. The van der Waals surface area contributed by atoms with E-state index in [1.165, 1.54) is 0 Å². The molecule has 1 aromatic carbocycles. The number of morpholine rings is 1. The lowest BCUT2D eigenvalue weighted by Crippen LogP contribution is -2.45. The van der Waals surface area contributed by atoms with Crippen LogP contribution >= 0.6 is 0 Å². The molecule has 2 N–H and O–H groups in total. The van der Waals surface area contributed by atoms with E-state index in [4.69, 9.17) is 19.2 Å². The van der Waals surface area contributed by atoms with E-state index in [1.807, 2.05) is 35.0 Å². The first-order valence-electron chi connectivity index (χ1n) is 12.1. The average molecular weight is 488 g/mol. The predicted molar refractivity (Wildman–Crippen MR) is 139 cm³/mol. The summed E-state index contributed by atoms with van der Waals surface area (Å²) in [5, 5.41) is 6.78. The number of hydrogen-bond acceptors (Lipinski definition) is 9. The molecule has 186 valence electrons. The monoisotopic (exact) mass is 487 g/mol. The first-order valence-corrected chi connectivity index (χ1v) is 12.1. The highest BCUT2D eigenvalue weighted by molar-refractivity contribution is 5.77. The summed E-state index contributed by atoms with van der Waals surface area (Å²) in [6.45, 7) is 7.19. The van der Waals surface area contributed by atoms with Gasteiger partial charge in [0.2, 0.25) is 5.88 Å². The number of anilines is 4. The Morgan fingerprint density at radius 2 is 2.00 bits per heavy atom. The van der Waals surface area contributed by atoms with E-state index in [0.29, 0.717) is 18.3 Å². The molecule has 0 aliphatic carbocycles. The Morgan fingerprint density at radius 3 is 2.83 bits per heavy atom. The van der Waals surface area contributed by atoms with Crippen LogP contribution in [0.4, 0.5) is 22.9 Å². The molecule has 0 amide bonds. The summed E-state index contributed by atoms with van der Waals surface area (Å²) >= 11 is 0. The highest BCUT2D eigenvalue weighted by Crippen LogP contribution is 2.35. The SMILES string of the molecule is COc1cc(Nc2nc(-c3cnc4c(c3)NCCO4)cn3ccnc23)ccc1N1CC(C)OC(C)C1. The Labute approximate surface area is 209 Å². The Kier molecular flexibility index (Phi) is 5.73. The molecule has 0 radical (unpaired) electrons. The maximum atomic E-state index is 5.90. The van der Waals surface area contributed by atoms with Gasteiger partial charge >= 0.3 is 0 Å². The Hall–Kier alpha value is -4.05. The highest BCUT2D eigenvalue weighted by Gasteiger charge is 2.24. The van der Waals surface area contributed by atoms with E-state index in [-0.39, 0.29) is 12.2 Å². The summed E-state index contributed by atoms with van der Waals surface area (Å²) in [4.78, 5) is 16.2. The molecule has 0 spiro atoms. The van der Waals surface area contributed by atoms with Crippen molar-refractivity contribution in [3.05, 3.63) is 49.1 Å². The molecule has 2 aliphatic rings. The number of aromatic nitrogens is 4. The van der Waals surface area contributed by atoms with Crippen LogP contribution in [-0.4, -0.2) is 64.9 Å². The van der Waals surface area contributed by atoms with Crippen molar-refractivity contribution in [2.75, 3.05) is 48.9 Å². The van der Waals surface area contributed by atoms with E-state index >= 15 is 0 Å². The van der Waals surface area contributed by atoms with Crippen LogP contribution in [0.15, 0.2) is 49.1 Å². The topological polar surface area (TPSA) is 98.1 Å². The fourth-order valence-electron chi connectivity index (χ4n) is 4.85. The molecule has 0 saturated carbocycles. The molecule has 10 nitrogen and oxygen atoms in total. The number of fused-ring (bicyclic) bond motifs is 2. The number of ether oxygens (including phenoxy) is 3. The number of nitrogens with one attached hydrogen (secondary N) is 2. The third-order valence-electron chi connectivity index (χ3n) is 6.38. The third kappa shape index (κ3) is 4.24. The molecule has 1 saturated heterocycles. The van der Waals surface area contributed by atoms with Crippen molar-refractivity contribution < 1.29 is 14.2 Å². The number of hydrogen-bond donors (Lipinski definition) is 2. The van der Waals surface area contributed by atoms with Crippen molar-refractivity contribution in [2.45, 2.75) is 26.1 Å². The van der Waals surface area contributed by atoms with Crippen LogP contribution in [0.2, 0.25) is 0 Å². The quantitative estimate of drug-likeness (QED) is 0.433. The normalized spacial score (nSPS) is 19.4. The zero-order valence-electron chi connectivity index (χ0n) is 20.6. The van der Waals surface area contributed by atoms with E-state index in [9.17, 15) is 0 Å². The van der Waals surface area contributed by atoms with Crippen LogP contribution in [-0.2, 0) is 4.74 Å². The summed E-state index contributed by atoms with van der Waals surface area (Å²) < 4.78 is 19.2. The van der Waals surface area contributed by atoms with Crippen molar-refractivity contribution >= 4 is 28.5 Å². The molecule has 0 bridgehead atoms. The van der Waals surface area contributed by atoms with Gasteiger partial charge in [-0.25, -0.2) is 15.0 Å². The minimum Gasteiger partial charge on any atom is -0.495 e.